The van der Waals surface area contributed by atoms with E-state index in [9.17, 15) is 14.4 Å². The predicted molar refractivity (Wildman–Crippen MR) is 118 cm³/mol. The van der Waals surface area contributed by atoms with E-state index in [1.807, 2.05) is 6.07 Å². The minimum absolute atomic E-state index is 0.0576. The normalized spacial score (nSPS) is 11.1. The number of hydrazone groups is 1. The van der Waals surface area contributed by atoms with Crippen molar-refractivity contribution in [2.24, 2.45) is 5.10 Å². The van der Waals surface area contributed by atoms with Crippen LogP contribution in [0, 0.1) is 0 Å². The maximum atomic E-state index is 13.2. The van der Waals surface area contributed by atoms with Crippen LogP contribution in [0.5, 0.6) is 11.5 Å². The van der Waals surface area contributed by atoms with Crippen LogP contribution in [0.3, 0.4) is 0 Å². The van der Waals surface area contributed by atoms with Crippen LogP contribution in [0.4, 0.5) is 5.82 Å². The monoisotopic (exact) mass is 431 g/mol. The molecule has 1 N–H and O–H groups in total. The van der Waals surface area contributed by atoms with Gasteiger partial charge in [-0.3, -0.25) is 19.8 Å². The van der Waals surface area contributed by atoms with E-state index in [2.05, 4.69) is 15.5 Å². The van der Waals surface area contributed by atoms with Crippen molar-refractivity contribution in [2.75, 3.05) is 5.43 Å². The van der Waals surface area contributed by atoms with E-state index >= 15 is 0 Å². The quantitative estimate of drug-likeness (QED) is 0.167. The van der Waals surface area contributed by atoms with Crippen LogP contribution >= 0.6 is 0 Å². The molecule has 2 aromatic heterocycles. The van der Waals surface area contributed by atoms with E-state index in [4.69, 9.17) is 13.9 Å². The second-order valence-electron chi connectivity index (χ2n) is 6.72. The van der Waals surface area contributed by atoms with Crippen LogP contribution in [0.2, 0.25) is 0 Å². The number of carbonyl (C=O) groups excluding carboxylic acids is 2. The van der Waals surface area contributed by atoms with Crippen LogP contribution in [0.1, 0.15) is 19.4 Å². The summed E-state index contributed by atoms with van der Waals surface area (Å²) in [6.45, 7) is 2.44. The van der Waals surface area contributed by atoms with Gasteiger partial charge in [-0.05, 0) is 24.3 Å². The number of carbonyl (C=O) groups is 2. The maximum Gasteiger partial charge on any atom is 0.308 e. The average Bonchev–Trinajstić information content (AvgIpc) is 2.74. The number of ether oxygens (including phenoxy) is 2. The molecular weight excluding hydrogens is 414 g/mol. The van der Waals surface area contributed by atoms with Gasteiger partial charge in [-0.2, -0.15) is 5.10 Å². The third-order valence-electron chi connectivity index (χ3n) is 4.33. The van der Waals surface area contributed by atoms with Crippen molar-refractivity contribution in [3.05, 3.63) is 70.5 Å². The summed E-state index contributed by atoms with van der Waals surface area (Å²) in [5.41, 5.74) is 3.28. The molecule has 0 bridgehead atoms. The first kappa shape index (κ1) is 20.7. The molecule has 160 valence electrons. The van der Waals surface area contributed by atoms with Gasteiger partial charge in [0.15, 0.2) is 0 Å². The summed E-state index contributed by atoms with van der Waals surface area (Å²) in [5, 5.41) is 4.48. The van der Waals surface area contributed by atoms with E-state index in [0.29, 0.717) is 11.4 Å². The van der Waals surface area contributed by atoms with Gasteiger partial charge < -0.3 is 13.9 Å². The molecule has 0 aliphatic heterocycles. The lowest BCUT2D eigenvalue weighted by atomic mass is 10.1. The van der Waals surface area contributed by atoms with Crippen LogP contribution < -0.4 is 20.3 Å². The van der Waals surface area contributed by atoms with E-state index in [1.54, 1.807) is 36.5 Å². The van der Waals surface area contributed by atoms with Crippen LogP contribution in [0.15, 0.2) is 69.0 Å². The van der Waals surface area contributed by atoms with Gasteiger partial charge in [0.05, 0.1) is 11.6 Å². The average molecular weight is 431 g/mol. The maximum absolute atomic E-state index is 13.2. The van der Waals surface area contributed by atoms with E-state index < -0.39 is 17.4 Å². The Hall–Kier alpha value is -4.53. The Morgan fingerprint density at radius 1 is 1.06 bits per heavy atom. The van der Waals surface area contributed by atoms with Crippen LogP contribution in [-0.4, -0.2) is 23.1 Å². The van der Waals surface area contributed by atoms with Crippen molar-refractivity contribution >= 4 is 45.9 Å². The molecule has 2 aromatic carbocycles. The summed E-state index contributed by atoms with van der Waals surface area (Å²) in [4.78, 5) is 40.3. The van der Waals surface area contributed by atoms with Gasteiger partial charge in [0, 0.05) is 37.7 Å². The molecule has 0 spiro atoms. The zero-order valence-electron chi connectivity index (χ0n) is 17.1. The second-order valence-corrected chi connectivity index (χ2v) is 6.72. The van der Waals surface area contributed by atoms with Gasteiger partial charge in [0.1, 0.15) is 33.9 Å². The molecule has 9 nitrogen and oxygen atoms in total. The van der Waals surface area contributed by atoms with E-state index in [0.717, 1.165) is 0 Å². The van der Waals surface area contributed by atoms with E-state index in [-0.39, 0.29) is 33.4 Å². The molecule has 0 radical (unpaired) electrons. The minimum Gasteiger partial charge on any atom is -0.455 e. The first-order valence-electron chi connectivity index (χ1n) is 9.53. The number of nitrogens with one attached hydrogen (secondary N) is 1. The standard InChI is InChI=1S/C23H17N3O6/c1-13(27)30-16-10-18(31-14(2)28)21-19(11-16)32-23-15(6-5-7-17(23)22(21)29)12-25-26-20-8-3-4-9-24-20/h3-12H,1-2H3,(H,24,26)/b25-12+. The molecule has 0 aliphatic carbocycles. The van der Waals surface area contributed by atoms with Gasteiger partial charge in [0.25, 0.3) is 0 Å². The Bertz CT molecular complexity index is 1430. The van der Waals surface area contributed by atoms with Crippen molar-refractivity contribution < 1.29 is 23.5 Å². The third-order valence-corrected chi connectivity index (χ3v) is 4.33. The highest BCUT2D eigenvalue weighted by Crippen LogP contribution is 2.32. The lowest BCUT2D eigenvalue weighted by Gasteiger charge is -2.10. The highest BCUT2D eigenvalue weighted by Gasteiger charge is 2.18. The summed E-state index contributed by atoms with van der Waals surface area (Å²) < 4.78 is 16.3. The smallest absolute Gasteiger partial charge is 0.308 e. The minimum atomic E-state index is -0.632. The van der Waals surface area contributed by atoms with Crippen molar-refractivity contribution in [1.82, 2.24) is 4.98 Å². The lowest BCUT2D eigenvalue weighted by molar-refractivity contribution is -0.132. The number of pyridine rings is 1. The number of fused-ring (bicyclic) bond motifs is 2. The summed E-state index contributed by atoms with van der Waals surface area (Å²) >= 11 is 0. The summed E-state index contributed by atoms with van der Waals surface area (Å²) in [7, 11) is 0. The number of rotatable bonds is 5. The number of nitrogens with zero attached hydrogens (tertiary/aromatic N) is 2. The van der Waals surface area contributed by atoms with Crippen molar-refractivity contribution in [1.29, 1.82) is 0 Å². The number of hydrogen-bond acceptors (Lipinski definition) is 9. The first-order chi connectivity index (χ1) is 15.4. The topological polar surface area (TPSA) is 120 Å². The molecule has 0 aliphatic rings. The predicted octanol–water partition coefficient (Wildman–Crippen LogP) is 3.64. The number of para-hydroxylation sites is 1. The van der Waals surface area contributed by atoms with Gasteiger partial charge in [-0.25, -0.2) is 4.98 Å². The van der Waals surface area contributed by atoms with E-state index in [1.165, 1.54) is 32.2 Å². The molecule has 0 atom stereocenters. The molecule has 0 fully saturated rings. The fraction of sp³-hybridized carbons (Fsp3) is 0.0870. The molecule has 0 saturated carbocycles. The van der Waals surface area contributed by atoms with Crippen LogP contribution in [0.25, 0.3) is 21.9 Å². The summed E-state index contributed by atoms with van der Waals surface area (Å²) in [5.74, 6) is -0.639. The number of benzene rings is 2. The molecule has 2 heterocycles. The molecular formula is C23H17N3O6. The SMILES string of the molecule is CC(=O)Oc1cc(OC(C)=O)c2c(=O)c3cccc(/C=N/Nc4ccccn4)c3oc2c1. The van der Waals surface area contributed by atoms with Gasteiger partial charge >= 0.3 is 11.9 Å². The van der Waals surface area contributed by atoms with Crippen molar-refractivity contribution in [2.45, 2.75) is 13.8 Å². The highest BCUT2D eigenvalue weighted by atomic mass is 16.5. The first-order valence-corrected chi connectivity index (χ1v) is 9.53. The Labute approximate surface area is 181 Å². The summed E-state index contributed by atoms with van der Waals surface area (Å²) in [6.07, 6.45) is 3.12. The Balaban J connectivity index is 1.87. The molecule has 32 heavy (non-hydrogen) atoms. The Kier molecular flexibility index (Phi) is 5.63. The molecule has 4 rings (SSSR count). The number of aromatic nitrogens is 1. The fourth-order valence-electron chi connectivity index (χ4n) is 3.12. The van der Waals surface area contributed by atoms with Crippen molar-refractivity contribution in [3.8, 4) is 11.5 Å². The lowest BCUT2D eigenvalue weighted by Crippen LogP contribution is -2.10. The van der Waals surface area contributed by atoms with Crippen LogP contribution in [-0.2, 0) is 9.59 Å². The Morgan fingerprint density at radius 3 is 2.59 bits per heavy atom. The highest BCUT2D eigenvalue weighted by molar-refractivity contribution is 6.01. The zero-order valence-corrected chi connectivity index (χ0v) is 17.1. The zero-order chi connectivity index (χ0) is 22.7. The van der Waals surface area contributed by atoms with Crippen molar-refractivity contribution in [3.63, 3.8) is 0 Å². The van der Waals surface area contributed by atoms with Gasteiger partial charge in [-0.15, -0.1) is 0 Å². The number of esters is 2. The number of anilines is 1. The third kappa shape index (κ3) is 4.31. The Morgan fingerprint density at radius 2 is 1.88 bits per heavy atom. The molecule has 9 heteroatoms. The molecule has 0 unspecified atom stereocenters. The molecule has 0 saturated heterocycles. The van der Waals surface area contributed by atoms with Gasteiger partial charge in [-0.1, -0.05) is 12.1 Å². The summed E-state index contributed by atoms with van der Waals surface area (Å²) in [6, 6.07) is 13.1. The van der Waals surface area contributed by atoms with Gasteiger partial charge in [0.2, 0.25) is 5.43 Å². The largest absolute Gasteiger partial charge is 0.455 e. The molecule has 4 aromatic rings. The second kappa shape index (κ2) is 8.68. The fourth-order valence-corrected chi connectivity index (χ4v) is 3.12. The number of hydrogen-bond donors (Lipinski definition) is 1. The molecule has 0 amide bonds.